The molecule has 0 aromatic carbocycles. The summed E-state index contributed by atoms with van der Waals surface area (Å²) < 4.78 is 0. The zero-order valence-corrected chi connectivity index (χ0v) is 14.3. The van der Waals surface area contributed by atoms with Crippen molar-refractivity contribution >= 4 is 11.9 Å². The van der Waals surface area contributed by atoms with Gasteiger partial charge < -0.3 is 16.8 Å². The Morgan fingerprint density at radius 2 is 1.79 bits per heavy atom. The van der Waals surface area contributed by atoms with E-state index in [0.717, 1.165) is 31.5 Å². The Balaban J connectivity index is 1.70. The van der Waals surface area contributed by atoms with Gasteiger partial charge in [0.2, 0.25) is 5.95 Å². The number of aromatic nitrogens is 2. The fraction of sp³-hybridized carbons (Fsp3) is 0.722. The van der Waals surface area contributed by atoms with Crippen molar-refractivity contribution in [3.8, 4) is 0 Å². The Morgan fingerprint density at radius 1 is 1.12 bits per heavy atom. The third-order valence-electron chi connectivity index (χ3n) is 5.60. The molecule has 6 nitrogen and oxygen atoms in total. The number of hydrogen-bond acceptors (Lipinski definition) is 5. The number of primary amides is 1. The van der Waals surface area contributed by atoms with Crippen LogP contribution in [0.2, 0.25) is 0 Å². The monoisotopic (exact) mass is 331 g/mol. The zero-order valence-electron chi connectivity index (χ0n) is 14.3. The van der Waals surface area contributed by atoms with Crippen molar-refractivity contribution in [2.75, 3.05) is 11.9 Å². The quantitative estimate of drug-likeness (QED) is 0.741. The molecule has 24 heavy (non-hydrogen) atoms. The van der Waals surface area contributed by atoms with Crippen LogP contribution in [-0.4, -0.2) is 28.5 Å². The van der Waals surface area contributed by atoms with E-state index < -0.39 is 5.91 Å². The second-order valence-corrected chi connectivity index (χ2v) is 7.37. The van der Waals surface area contributed by atoms with Gasteiger partial charge in [0.05, 0.1) is 11.3 Å². The van der Waals surface area contributed by atoms with Gasteiger partial charge in [0.1, 0.15) is 0 Å². The molecule has 0 aliphatic heterocycles. The Hall–Kier alpha value is -1.69. The largest absolute Gasteiger partial charge is 0.365 e. The Morgan fingerprint density at radius 3 is 2.42 bits per heavy atom. The van der Waals surface area contributed by atoms with E-state index in [0.29, 0.717) is 29.4 Å². The van der Waals surface area contributed by atoms with Crippen LogP contribution in [0.3, 0.4) is 0 Å². The normalized spacial score (nSPS) is 24.9. The van der Waals surface area contributed by atoms with Crippen LogP contribution in [0.5, 0.6) is 0 Å². The lowest BCUT2D eigenvalue weighted by Crippen LogP contribution is -2.24. The fourth-order valence-corrected chi connectivity index (χ4v) is 4.05. The van der Waals surface area contributed by atoms with Gasteiger partial charge in [0, 0.05) is 12.2 Å². The number of carbonyl (C=O) groups excluding carboxylic acids is 1. The lowest BCUT2D eigenvalue weighted by molar-refractivity contribution is 0.0998. The topological polar surface area (TPSA) is 107 Å². The highest BCUT2D eigenvalue weighted by Gasteiger charge is 2.24. The number of hydrogen-bond donors (Lipinski definition) is 3. The van der Waals surface area contributed by atoms with Crippen molar-refractivity contribution in [1.29, 1.82) is 0 Å². The first-order valence-corrected chi connectivity index (χ1v) is 9.28. The number of nitrogens with two attached hydrogens (primary N) is 2. The summed E-state index contributed by atoms with van der Waals surface area (Å²) in [5.41, 5.74) is 12.6. The third kappa shape index (κ3) is 4.23. The van der Waals surface area contributed by atoms with Crippen LogP contribution >= 0.6 is 0 Å². The van der Waals surface area contributed by atoms with Crippen molar-refractivity contribution in [2.45, 2.75) is 63.8 Å². The molecule has 2 aliphatic carbocycles. The first-order chi connectivity index (χ1) is 11.7. The van der Waals surface area contributed by atoms with Gasteiger partial charge in [-0.25, -0.2) is 9.97 Å². The van der Waals surface area contributed by atoms with Crippen LogP contribution in [0.4, 0.5) is 5.95 Å². The van der Waals surface area contributed by atoms with Gasteiger partial charge in [-0.3, -0.25) is 4.79 Å². The van der Waals surface area contributed by atoms with E-state index in [1.807, 2.05) is 0 Å². The minimum atomic E-state index is -0.437. The summed E-state index contributed by atoms with van der Waals surface area (Å²) in [5.74, 6) is 1.41. The van der Waals surface area contributed by atoms with Crippen molar-refractivity contribution in [2.24, 2.45) is 23.3 Å². The molecule has 5 N–H and O–H groups in total. The van der Waals surface area contributed by atoms with Crippen LogP contribution in [0.1, 0.15) is 67.4 Å². The number of nitrogens with zero attached hydrogens (tertiary/aromatic N) is 2. The summed E-state index contributed by atoms with van der Waals surface area (Å²) >= 11 is 0. The smallest absolute Gasteiger partial charge is 0.252 e. The molecule has 1 heterocycles. The molecule has 0 unspecified atom stereocenters. The van der Waals surface area contributed by atoms with Crippen molar-refractivity contribution in [1.82, 2.24) is 9.97 Å². The van der Waals surface area contributed by atoms with E-state index in [-0.39, 0.29) is 0 Å². The SMILES string of the molecule is NC[C@H]1CC[C@@H](Cc2nc(NC3CCCC3)ncc2C(N)=O)CC1. The van der Waals surface area contributed by atoms with Gasteiger partial charge in [0.25, 0.3) is 5.91 Å². The summed E-state index contributed by atoms with van der Waals surface area (Å²) in [5, 5.41) is 3.41. The molecular formula is C18H29N5O. The van der Waals surface area contributed by atoms with Crippen LogP contribution < -0.4 is 16.8 Å². The first kappa shape index (κ1) is 17.1. The van der Waals surface area contributed by atoms with Gasteiger partial charge >= 0.3 is 0 Å². The molecule has 2 fully saturated rings. The van der Waals surface area contributed by atoms with Crippen LogP contribution in [0, 0.1) is 11.8 Å². The molecule has 0 bridgehead atoms. The first-order valence-electron chi connectivity index (χ1n) is 9.28. The summed E-state index contributed by atoms with van der Waals surface area (Å²) in [4.78, 5) is 20.7. The molecule has 1 aromatic rings. The van der Waals surface area contributed by atoms with Gasteiger partial charge in [-0.2, -0.15) is 0 Å². The molecule has 0 spiro atoms. The summed E-state index contributed by atoms with van der Waals surface area (Å²) in [6.07, 6.45) is 11.9. The summed E-state index contributed by atoms with van der Waals surface area (Å²) in [7, 11) is 0. The van der Waals surface area contributed by atoms with Crippen LogP contribution in [0.15, 0.2) is 6.20 Å². The molecular weight excluding hydrogens is 302 g/mol. The molecule has 2 saturated carbocycles. The van der Waals surface area contributed by atoms with Gasteiger partial charge in [-0.1, -0.05) is 12.8 Å². The lowest BCUT2D eigenvalue weighted by atomic mass is 9.79. The summed E-state index contributed by atoms with van der Waals surface area (Å²) in [6.45, 7) is 0.780. The number of anilines is 1. The average Bonchev–Trinajstić information content (AvgIpc) is 3.08. The molecule has 2 aliphatic rings. The maximum Gasteiger partial charge on any atom is 0.252 e. The predicted molar refractivity (Wildman–Crippen MR) is 94.6 cm³/mol. The van der Waals surface area contributed by atoms with Crippen LogP contribution in [0.25, 0.3) is 0 Å². The Labute approximate surface area is 143 Å². The van der Waals surface area contributed by atoms with Gasteiger partial charge in [0.15, 0.2) is 0 Å². The molecule has 132 valence electrons. The minimum absolute atomic E-state index is 0.437. The van der Waals surface area contributed by atoms with Crippen LogP contribution in [-0.2, 0) is 6.42 Å². The van der Waals surface area contributed by atoms with Gasteiger partial charge in [-0.15, -0.1) is 0 Å². The predicted octanol–water partition coefficient (Wildman–Crippen LogP) is 2.24. The number of rotatable bonds is 6. The highest BCUT2D eigenvalue weighted by molar-refractivity contribution is 5.93. The second kappa shape index (κ2) is 7.92. The van der Waals surface area contributed by atoms with E-state index in [1.54, 1.807) is 6.20 Å². The second-order valence-electron chi connectivity index (χ2n) is 7.37. The molecule has 6 heteroatoms. The number of amides is 1. The summed E-state index contributed by atoms with van der Waals surface area (Å²) in [6, 6.07) is 0.456. The van der Waals surface area contributed by atoms with E-state index in [1.165, 1.54) is 38.5 Å². The van der Waals surface area contributed by atoms with E-state index in [4.69, 9.17) is 11.5 Å². The average molecular weight is 331 g/mol. The van der Waals surface area contributed by atoms with Crippen molar-refractivity contribution < 1.29 is 4.79 Å². The Kier molecular flexibility index (Phi) is 5.66. The molecule has 0 saturated heterocycles. The standard InChI is InChI=1S/C18H29N5O/c19-10-13-7-5-12(6-8-13)9-16-15(17(20)24)11-21-18(23-16)22-14-3-1-2-4-14/h11-14H,1-10,19H2,(H2,20,24)(H,21,22,23)/t12-,13+. The van der Waals surface area contributed by atoms with E-state index >= 15 is 0 Å². The minimum Gasteiger partial charge on any atom is -0.365 e. The maximum atomic E-state index is 11.7. The lowest BCUT2D eigenvalue weighted by Gasteiger charge is -2.27. The number of carbonyl (C=O) groups is 1. The van der Waals surface area contributed by atoms with Crippen molar-refractivity contribution in [3.63, 3.8) is 0 Å². The molecule has 1 aromatic heterocycles. The fourth-order valence-electron chi connectivity index (χ4n) is 4.05. The molecule has 0 atom stereocenters. The molecule has 3 rings (SSSR count). The number of nitrogens with one attached hydrogen (secondary N) is 1. The molecule has 0 radical (unpaired) electrons. The van der Waals surface area contributed by atoms with E-state index in [9.17, 15) is 4.79 Å². The third-order valence-corrected chi connectivity index (χ3v) is 5.60. The maximum absolute atomic E-state index is 11.7. The van der Waals surface area contributed by atoms with E-state index in [2.05, 4.69) is 15.3 Å². The highest BCUT2D eigenvalue weighted by Crippen LogP contribution is 2.31. The highest BCUT2D eigenvalue weighted by atomic mass is 16.1. The van der Waals surface area contributed by atoms with Crippen molar-refractivity contribution in [3.05, 3.63) is 17.5 Å². The molecule has 1 amide bonds. The van der Waals surface area contributed by atoms with Gasteiger partial charge in [-0.05, 0) is 63.3 Å². The zero-order chi connectivity index (χ0) is 16.9. The Bertz CT molecular complexity index is 563.